The molecule has 0 radical (unpaired) electrons. The van der Waals surface area contributed by atoms with Crippen molar-refractivity contribution in [2.75, 3.05) is 46.6 Å². The summed E-state index contributed by atoms with van der Waals surface area (Å²) < 4.78 is 16.3. The third-order valence-corrected chi connectivity index (χ3v) is 3.35. The fourth-order valence-electron chi connectivity index (χ4n) is 2.28. The van der Waals surface area contributed by atoms with Crippen molar-refractivity contribution in [2.24, 2.45) is 5.73 Å². The summed E-state index contributed by atoms with van der Waals surface area (Å²) in [5, 5.41) is 3.49. The van der Waals surface area contributed by atoms with E-state index in [0.29, 0.717) is 12.1 Å². The van der Waals surface area contributed by atoms with Crippen LogP contribution in [0, 0.1) is 0 Å². The SMILES string of the molecule is COCC(CCCN)NCCCOCC1CCCO1. The molecule has 0 amide bonds. The molecule has 0 aromatic carbocycles. The van der Waals surface area contributed by atoms with E-state index in [1.165, 1.54) is 6.42 Å². The third kappa shape index (κ3) is 8.55. The molecule has 1 fully saturated rings. The predicted octanol–water partition coefficient (Wildman–Crippen LogP) is 0.916. The van der Waals surface area contributed by atoms with Crippen molar-refractivity contribution in [2.45, 2.75) is 44.2 Å². The molecule has 1 heterocycles. The van der Waals surface area contributed by atoms with Crippen LogP contribution in [0.25, 0.3) is 0 Å². The highest BCUT2D eigenvalue weighted by atomic mass is 16.5. The molecule has 1 saturated heterocycles. The zero-order valence-corrected chi connectivity index (χ0v) is 12.2. The molecule has 1 aliphatic heterocycles. The lowest BCUT2D eigenvalue weighted by Crippen LogP contribution is -2.34. The largest absolute Gasteiger partial charge is 0.383 e. The summed E-state index contributed by atoms with van der Waals surface area (Å²) in [6, 6.07) is 0.409. The molecule has 114 valence electrons. The molecule has 0 aromatic heterocycles. The smallest absolute Gasteiger partial charge is 0.0809 e. The quantitative estimate of drug-likeness (QED) is 0.518. The van der Waals surface area contributed by atoms with Crippen LogP contribution in [0.1, 0.15) is 32.1 Å². The molecule has 0 saturated carbocycles. The summed E-state index contributed by atoms with van der Waals surface area (Å²) in [5.41, 5.74) is 5.53. The highest BCUT2D eigenvalue weighted by Crippen LogP contribution is 2.11. The third-order valence-electron chi connectivity index (χ3n) is 3.35. The highest BCUT2D eigenvalue weighted by molar-refractivity contribution is 4.67. The molecule has 5 heteroatoms. The van der Waals surface area contributed by atoms with Crippen LogP contribution in [0.3, 0.4) is 0 Å². The number of nitrogens with one attached hydrogen (secondary N) is 1. The van der Waals surface area contributed by atoms with Crippen LogP contribution in [0.15, 0.2) is 0 Å². The van der Waals surface area contributed by atoms with E-state index in [9.17, 15) is 0 Å². The van der Waals surface area contributed by atoms with Crippen molar-refractivity contribution in [3.05, 3.63) is 0 Å². The zero-order valence-electron chi connectivity index (χ0n) is 12.2. The Hall–Kier alpha value is -0.200. The summed E-state index contributed by atoms with van der Waals surface area (Å²) >= 11 is 0. The van der Waals surface area contributed by atoms with E-state index in [1.807, 2.05) is 0 Å². The summed E-state index contributed by atoms with van der Waals surface area (Å²) in [7, 11) is 1.74. The van der Waals surface area contributed by atoms with Crippen molar-refractivity contribution >= 4 is 0 Å². The van der Waals surface area contributed by atoms with Crippen LogP contribution >= 0.6 is 0 Å². The Kier molecular flexibility index (Phi) is 10.3. The van der Waals surface area contributed by atoms with Crippen LogP contribution in [-0.2, 0) is 14.2 Å². The van der Waals surface area contributed by atoms with Gasteiger partial charge in [0.25, 0.3) is 0 Å². The molecule has 0 bridgehead atoms. The minimum atomic E-state index is 0.332. The van der Waals surface area contributed by atoms with E-state index >= 15 is 0 Å². The summed E-state index contributed by atoms with van der Waals surface area (Å²) in [6.07, 6.45) is 5.79. The maximum atomic E-state index is 5.62. The fraction of sp³-hybridized carbons (Fsp3) is 1.00. The van der Waals surface area contributed by atoms with E-state index in [-0.39, 0.29) is 0 Å². The monoisotopic (exact) mass is 274 g/mol. The van der Waals surface area contributed by atoms with Gasteiger partial charge in [0.2, 0.25) is 0 Å². The van der Waals surface area contributed by atoms with E-state index in [4.69, 9.17) is 19.9 Å². The number of rotatable bonds is 12. The zero-order chi connectivity index (χ0) is 13.8. The number of methoxy groups -OCH3 is 1. The lowest BCUT2D eigenvalue weighted by atomic mass is 10.1. The molecule has 5 nitrogen and oxygen atoms in total. The van der Waals surface area contributed by atoms with Gasteiger partial charge in [-0.25, -0.2) is 0 Å². The van der Waals surface area contributed by atoms with Gasteiger partial charge < -0.3 is 25.3 Å². The standard InChI is InChI=1S/C14H30N2O3/c1-17-11-13(5-2-7-15)16-8-4-9-18-12-14-6-3-10-19-14/h13-14,16H,2-12,15H2,1H3. The van der Waals surface area contributed by atoms with E-state index < -0.39 is 0 Å². The number of nitrogens with two attached hydrogens (primary N) is 1. The van der Waals surface area contributed by atoms with Crippen LogP contribution in [-0.4, -0.2) is 58.8 Å². The van der Waals surface area contributed by atoms with Crippen molar-refractivity contribution in [3.63, 3.8) is 0 Å². The highest BCUT2D eigenvalue weighted by Gasteiger charge is 2.14. The van der Waals surface area contributed by atoms with Crippen molar-refractivity contribution in [1.29, 1.82) is 0 Å². The van der Waals surface area contributed by atoms with Gasteiger partial charge in [0.1, 0.15) is 0 Å². The lowest BCUT2D eigenvalue weighted by Gasteiger charge is -2.17. The Morgan fingerprint density at radius 2 is 2.32 bits per heavy atom. The van der Waals surface area contributed by atoms with Gasteiger partial charge in [-0.05, 0) is 45.2 Å². The second-order valence-electron chi connectivity index (χ2n) is 5.10. The molecule has 0 spiro atoms. The first-order valence-corrected chi connectivity index (χ1v) is 7.48. The lowest BCUT2D eigenvalue weighted by molar-refractivity contribution is 0.0163. The molecule has 19 heavy (non-hydrogen) atoms. The number of ether oxygens (including phenoxy) is 3. The van der Waals surface area contributed by atoms with Gasteiger partial charge in [-0.3, -0.25) is 0 Å². The molecular formula is C14H30N2O3. The summed E-state index contributed by atoms with van der Waals surface area (Å²) in [4.78, 5) is 0. The molecule has 2 unspecified atom stereocenters. The Morgan fingerprint density at radius 3 is 3.00 bits per heavy atom. The molecule has 0 aromatic rings. The van der Waals surface area contributed by atoms with Crippen LogP contribution in [0.4, 0.5) is 0 Å². The van der Waals surface area contributed by atoms with Gasteiger partial charge in [0.05, 0.1) is 19.3 Å². The number of hydrogen-bond acceptors (Lipinski definition) is 5. The van der Waals surface area contributed by atoms with Crippen LogP contribution < -0.4 is 11.1 Å². The Labute approximate surface area is 117 Å². The van der Waals surface area contributed by atoms with Crippen molar-refractivity contribution < 1.29 is 14.2 Å². The minimum Gasteiger partial charge on any atom is -0.383 e. The summed E-state index contributed by atoms with van der Waals surface area (Å²) in [6.45, 7) is 4.89. The molecular weight excluding hydrogens is 244 g/mol. The van der Waals surface area contributed by atoms with E-state index in [0.717, 1.165) is 65.2 Å². The van der Waals surface area contributed by atoms with Crippen molar-refractivity contribution in [1.82, 2.24) is 5.32 Å². The maximum absolute atomic E-state index is 5.62. The average molecular weight is 274 g/mol. The molecule has 0 aliphatic carbocycles. The Morgan fingerprint density at radius 1 is 1.42 bits per heavy atom. The van der Waals surface area contributed by atoms with Gasteiger partial charge in [-0.15, -0.1) is 0 Å². The van der Waals surface area contributed by atoms with Gasteiger partial charge in [-0.1, -0.05) is 0 Å². The van der Waals surface area contributed by atoms with E-state index in [1.54, 1.807) is 7.11 Å². The minimum absolute atomic E-state index is 0.332. The van der Waals surface area contributed by atoms with Crippen molar-refractivity contribution in [3.8, 4) is 0 Å². The topological polar surface area (TPSA) is 65.7 Å². The summed E-state index contributed by atoms with van der Waals surface area (Å²) in [5.74, 6) is 0. The van der Waals surface area contributed by atoms with E-state index in [2.05, 4.69) is 5.32 Å². The Balaban J connectivity index is 1.91. The first kappa shape index (κ1) is 16.9. The second-order valence-corrected chi connectivity index (χ2v) is 5.10. The Bertz CT molecular complexity index is 199. The number of hydrogen-bond donors (Lipinski definition) is 2. The fourth-order valence-corrected chi connectivity index (χ4v) is 2.28. The van der Waals surface area contributed by atoms with Gasteiger partial charge in [0, 0.05) is 26.4 Å². The molecule has 3 N–H and O–H groups in total. The molecule has 1 aliphatic rings. The molecule has 2 atom stereocenters. The van der Waals surface area contributed by atoms with Crippen LogP contribution in [0.5, 0.6) is 0 Å². The molecule has 1 rings (SSSR count). The average Bonchev–Trinajstić information content (AvgIpc) is 2.93. The van der Waals surface area contributed by atoms with Gasteiger partial charge in [-0.2, -0.15) is 0 Å². The van der Waals surface area contributed by atoms with Gasteiger partial charge >= 0.3 is 0 Å². The first-order chi connectivity index (χ1) is 9.36. The van der Waals surface area contributed by atoms with Crippen LogP contribution in [0.2, 0.25) is 0 Å². The predicted molar refractivity (Wildman–Crippen MR) is 76.4 cm³/mol. The normalized spacial score (nSPS) is 20.8. The van der Waals surface area contributed by atoms with Gasteiger partial charge in [0.15, 0.2) is 0 Å². The first-order valence-electron chi connectivity index (χ1n) is 7.48. The maximum Gasteiger partial charge on any atom is 0.0809 e. The second kappa shape index (κ2) is 11.6.